The van der Waals surface area contributed by atoms with Gasteiger partial charge in [0.25, 0.3) is 0 Å². The van der Waals surface area contributed by atoms with E-state index in [1.165, 1.54) is 38.5 Å². The van der Waals surface area contributed by atoms with Gasteiger partial charge in [0.1, 0.15) is 0 Å². The Morgan fingerprint density at radius 2 is 1.06 bits per heavy atom. The van der Waals surface area contributed by atoms with Gasteiger partial charge in [-0.2, -0.15) is 0 Å². The van der Waals surface area contributed by atoms with Crippen molar-refractivity contribution in [2.24, 2.45) is 11.8 Å². The van der Waals surface area contributed by atoms with E-state index in [9.17, 15) is 0 Å². The third-order valence-electron chi connectivity index (χ3n) is 3.52. The number of unbranched alkanes of at least 4 members (excludes halogenated alkanes) is 2. The molecule has 16 heavy (non-hydrogen) atoms. The predicted molar refractivity (Wildman–Crippen MR) is 69.4 cm³/mol. The Bertz CT molecular complexity index is 121. The van der Waals surface area contributed by atoms with Crippen LogP contribution in [0.5, 0.6) is 0 Å². The van der Waals surface area contributed by atoms with Crippen molar-refractivity contribution in [2.75, 3.05) is 13.2 Å². The Balaban J connectivity index is 4.14. The number of aliphatic hydroxyl groups excluding tert-OH is 2. The number of hydrogen-bond acceptors (Lipinski definition) is 2. The van der Waals surface area contributed by atoms with Gasteiger partial charge in [-0.1, -0.05) is 52.4 Å². The fourth-order valence-corrected chi connectivity index (χ4v) is 2.50. The second-order valence-electron chi connectivity index (χ2n) is 4.83. The van der Waals surface area contributed by atoms with Crippen molar-refractivity contribution >= 4 is 0 Å². The first-order valence-corrected chi connectivity index (χ1v) is 7.01. The van der Waals surface area contributed by atoms with E-state index >= 15 is 0 Å². The van der Waals surface area contributed by atoms with E-state index in [2.05, 4.69) is 13.8 Å². The standard InChI is InChI=1S/C14H30O2/c1-3-5-7-13(9-11-15)14(10-12-16)8-6-4-2/h13-16H,3-12H2,1-2H3. The summed E-state index contributed by atoms with van der Waals surface area (Å²) in [5, 5.41) is 18.2. The van der Waals surface area contributed by atoms with Crippen LogP contribution < -0.4 is 0 Å². The monoisotopic (exact) mass is 230 g/mol. The highest BCUT2D eigenvalue weighted by atomic mass is 16.3. The summed E-state index contributed by atoms with van der Waals surface area (Å²) in [7, 11) is 0. The van der Waals surface area contributed by atoms with Crippen LogP contribution in [0, 0.1) is 11.8 Å². The molecule has 2 nitrogen and oxygen atoms in total. The van der Waals surface area contributed by atoms with Gasteiger partial charge >= 0.3 is 0 Å². The predicted octanol–water partition coefficient (Wildman–Crippen LogP) is 3.36. The van der Waals surface area contributed by atoms with Crippen LogP contribution in [0.2, 0.25) is 0 Å². The highest BCUT2D eigenvalue weighted by Crippen LogP contribution is 2.29. The molecular formula is C14H30O2. The minimum atomic E-state index is 0.294. The molecule has 0 aliphatic carbocycles. The average molecular weight is 230 g/mol. The molecule has 0 rings (SSSR count). The molecule has 0 radical (unpaired) electrons. The van der Waals surface area contributed by atoms with Gasteiger partial charge in [-0.3, -0.25) is 0 Å². The summed E-state index contributed by atoms with van der Waals surface area (Å²) < 4.78 is 0. The molecule has 0 bridgehead atoms. The van der Waals surface area contributed by atoms with Crippen LogP contribution in [-0.2, 0) is 0 Å². The highest BCUT2D eigenvalue weighted by molar-refractivity contribution is 4.70. The van der Waals surface area contributed by atoms with Gasteiger partial charge in [0.05, 0.1) is 0 Å². The summed E-state index contributed by atoms with van der Waals surface area (Å²) in [5.74, 6) is 1.23. The van der Waals surface area contributed by atoms with E-state index in [-0.39, 0.29) is 0 Å². The molecule has 0 aromatic carbocycles. The van der Waals surface area contributed by atoms with E-state index in [0.717, 1.165) is 12.8 Å². The van der Waals surface area contributed by atoms with Crippen LogP contribution >= 0.6 is 0 Å². The lowest BCUT2D eigenvalue weighted by Gasteiger charge is -2.26. The van der Waals surface area contributed by atoms with Crippen LogP contribution in [0.3, 0.4) is 0 Å². The summed E-state index contributed by atoms with van der Waals surface area (Å²) >= 11 is 0. The number of rotatable bonds is 11. The maximum Gasteiger partial charge on any atom is 0.0433 e. The maximum atomic E-state index is 9.12. The van der Waals surface area contributed by atoms with Gasteiger partial charge in [0.15, 0.2) is 0 Å². The number of aliphatic hydroxyl groups is 2. The topological polar surface area (TPSA) is 40.5 Å². The summed E-state index contributed by atoms with van der Waals surface area (Å²) in [4.78, 5) is 0. The molecular weight excluding hydrogens is 200 g/mol. The quantitative estimate of drug-likeness (QED) is 0.571. The molecule has 2 heteroatoms. The summed E-state index contributed by atoms with van der Waals surface area (Å²) in [5.41, 5.74) is 0. The van der Waals surface area contributed by atoms with Crippen molar-refractivity contribution in [3.8, 4) is 0 Å². The summed E-state index contributed by atoms with van der Waals surface area (Å²) in [6, 6.07) is 0. The molecule has 0 fully saturated rings. The lowest BCUT2D eigenvalue weighted by molar-refractivity contribution is 0.165. The van der Waals surface area contributed by atoms with Crippen molar-refractivity contribution in [1.82, 2.24) is 0 Å². The zero-order valence-corrected chi connectivity index (χ0v) is 11.1. The first-order valence-electron chi connectivity index (χ1n) is 7.01. The van der Waals surface area contributed by atoms with Crippen molar-refractivity contribution in [3.63, 3.8) is 0 Å². The van der Waals surface area contributed by atoms with Crippen LogP contribution in [0.4, 0.5) is 0 Å². The Kier molecular flexibility index (Phi) is 11.3. The molecule has 0 saturated heterocycles. The van der Waals surface area contributed by atoms with Crippen molar-refractivity contribution in [1.29, 1.82) is 0 Å². The normalized spacial score (nSPS) is 15.0. The zero-order chi connectivity index (χ0) is 12.2. The average Bonchev–Trinajstić information content (AvgIpc) is 2.30. The third-order valence-corrected chi connectivity index (χ3v) is 3.52. The maximum absolute atomic E-state index is 9.12. The minimum absolute atomic E-state index is 0.294. The highest BCUT2D eigenvalue weighted by Gasteiger charge is 2.19. The summed E-state index contributed by atoms with van der Waals surface area (Å²) in [6.45, 7) is 5.01. The fraction of sp³-hybridized carbons (Fsp3) is 1.00. The van der Waals surface area contributed by atoms with Gasteiger partial charge in [-0.25, -0.2) is 0 Å². The molecule has 0 aliphatic rings. The van der Waals surface area contributed by atoms with E-state index < -0.39 is 0 Å². The molecule has 2 unspecified atom stereocenters. The van der Waals surface area contributed by atoms with E-state index in [4.69, 9.17) is 10.2 Å². The molecule has 98 valence electrons. The third kappa shape index (κ3) is 7.24. The van der Waals surface area contributed by atoms with Crippen molar-refractivity contribution in [3.05, 3.63) is 0 Å². The van der Waals surface area contributed by atoms with Crippen molar-refractivity contribution < 1.29 is 10.2 Å². The van der Waals surface area contributed by atoms with Gasteiger partial charge < -0.3 is 10.2 Å². The van der Waals surface area contributed by atoms with Gasteiger partial charge in [-0.05, 0) is 24.7 Å². The molecule has 0 heterocycles. The molecule has 0 saturated carbocycles. The van der Waals surface area contributed by atoms with Crippen LogP contribution in [0.1, 0.15) is 65.2 Å². The van der Waals surface area contributed by atoms with Crippen molar-refractivity contribution in [2.45, 2.75) is 65.2 Å². The van der Waals surface area contributed by atoms with Gasteiger partial charge in [0.2, 0.25) is 0 Å². The molecule has 2 atom stereocenters. The zero-order valence-electron chi connectivity index (χ0n) is 11.1. The van der Waals surface area contributed by atoms with Gasteiger partial charge in [-0.15, -0.1) is 0 Å². The lowest BCUT2D eigenvalue weighted by atomic mass is 9.80. The largest absolute Gasteiger partial charge is 0.396 e. The Labute approximate surface area is 101 Å². The second-order valence-corrected chi connectivity index (χ2v) is 4.83. The first-order chi connectivity index (χ1) is 7.79. The molecule has 0 aromatic heterocycles. The second kappa shape index (κ2) is 11.4. The smallest absolute Gasteiger partial charge is 0.0433 e. The first kappa shape index (κ1) is 15.9. The van der Waals surface area contributed by atoms with Crippen LogP contribution in [-0.4, -0.2) is 23.4 Å². The number of hydrogen-bond donors (Lipinski definition) is 2. The molecule has 0 aliphatic heterocycles. The Morgan fingerprint density at radius 3 is 1.31 bits per heavy atom. The van der Waals surface area contributed by atoms with Crippen LogP contribution in [0.25, 0.3) is 0 Å². The van der Waals surface area contributed by atoms with E-state index in [1.54, 1.807) is 0 Å². The minimum Gasteiger partial charge on any atom is -0.396 e. The molecule has 2 N–H and O–H groups in total. The van der Waals surface area contributed by atoms with Crippen LogP contribution in [0.15, 0.2) is 0 Å². The van der Waals surface area contributed by atoms with E-state index in [1.807, 2.05) is 0 Å². The Hall–Kier alpha value is -0.0800. The fourth-order valence-electron chi connectivity index (χ4n) is 2.50. The molecule has 0 spiro atoms. The SMILES string of the molecule is CCCCC(CCO)C(CCO)CCCC. The summed E-state index contributed by atoms with van der Waals surface area (Å²) in [6.07, 6.45) is 9.19. The molecule has 0 aromatic rings. The molecule has 0 amide bonds. The van der Waals surface area contributed by atoms with Gasteiger partial charge in [0, 0.05) is 13.2 Å². The lowest BCUT2D eigenvalue weighted by Crippen LogP contribution is -2.18. The Morgan fingerprint density at radius 1 is 0.688 bits per heavy atom. The van der Waals surface area contributed by atoms with E-state index in [0.29, 0.717) is 25.0 Å².